The molecule has 0 saturated carbocycles. The van der Waals surface area contributed by atoms with E-state index in [-0.39, 0.29) is 30.9 Å². The van der Waals surface area contributed by atoms with Crippen LogP contribution < -0.4 is 10.1 Å². The zero-order valence-electron chi connectivity index (χ0n) is 17.5. The molecular formula is C23H25ClN2O4. The van der Waals surface area contributed by atoms with Gasteiger partial charge in [0.1, 0.15) is 11.4 Å². The Balaban J connectivity index is 2.01. The minimum absolute atomic E-state index is 0.00986. The van der Waals surface area contributed by atoms with E-state index in [2.05, 4.69) is 5.32 Å². The highest BCUT2D eigenvalue weighted by atomic mass is 35.5. The van der Waals surface area contributed by atoms with Crippen molar-refractivity contribution < 1.29 is 19.1 Å². The van der Waals surface area contributed by atoms with Crippen LogP contribution in [0.25, 0.3) is 5.57 Å². The summed E-state index contributed by atoms with van der Waals surface area (Å²) in [7, 11) is 1.53. The molecule has 1 aliphatic rings. The summed E-state index contributed by atoms with van der Waals surface area (Å²) in [6.07, 6.45) is 0.00986. The molecule has 0 radical (unpaired) electrons. The molecule has 0 fully saturated rings. The van der Waals surface area contributed by atoms with Gasteiger partial charge in [-0.15, -0.1) is 0 Å². The fourth-order valence-corrected chi connectivity index (χ4v) is 3.35. The zero-order valence-corrected chi connectivity index (χ0v) is 18.2. The number of carbonyl (C=O) groups is 2. The minimum Gasteiger partial charge on any atom is -0.495 e. The predicted octanol–water partition coefficient (Wildman–Crippen LogP) is 4.27. The van der Waals surface area contributed by atoms with E-state index in [9.17, 15) is 9.59 Å². The Hall–Kier alpha value is -2.83. The van der Waals surface area contributed by atoms with Crippen molar-refractivity contribution in [3.63, 3.8) is 0 Å². The number of hydrogen-bond donors (Lipinski definition) is 1. The summed E-state index contributed by atoms with van der Waals surface area (Å²) in [4.78, 5) is 27.6. The molecule has 0 unspecified atom stereocenters. The molecule has 0 aliphatic carbocycles. The lowest BCUT2D eigenvalue weighted by molar-refractivity contribution is -0.137. The van der Waals surface area contributed by atoms with Crippen LogP contribution in [-0.2, 0) is 14.3 Å². The number of nitrogens with one attached hydrogen (secondary N) is 1. The summed E-state index contributed by atoms with van der Waals surface area (Å²) in [6.45, 7) is 6.21. The molecule has 1 heterocycles. The second-order valence-electron chi connectivity index (χ2n) is 7.27. The lowest BCUT2D eigenvalue weighted by Gasteiger charge is -2.17. The van der Waals surface area contributed by atoms with Gasteiger partial charge in [-0.2, -0.15) is 0 Å². The first-order chi connectivity index (χ1) is 14.3. The van der Waals surface area contributed by atoms with E-state index in [1.807, 2.05) is 45.0 Å². The Labute approximate surface area is 181 Å². The van der Waals surface area contributed by atoms with Crippen LogP contribution in [-0.4, -0.2) is 43.1 Å². The quantitative estimate of drug-likeness (QED) is 0.636. The van der Waals surface area contributed by atoms with Gasteiger partial charge in [0, 0.05) is 5.02 Å². The summed E-state index contributed by atoms with van der Waals surface area (Å²) in [5.74, 6) is -0.262. The van der Waals surface area contributed by atoms with Gasteiger partial charge in [-0.25, -0.2) is 0 Å². The number of rotatable bonds is 8. The van der Waals surface area contributed by atoms with Gasteiger partial charge in [0.05, 0.1) is 37.6 Å². The van der Waals surface area contributed by atoms with Gasteiger partial charge in [-0.05, 0) is 44.5 Å². The molecule has 3 rings (SSSR count). The first-order valence-electron chi connectivity index (χ1n) is 9.71. The van der Waals surface area contributed by atoms with E-state index in [4.69, 9.17) is 21.1 Å². The maximum atomic E-state index is 13.2. The highest BCUT2D eigenvalue weighted by Gasteiger charge is 2.39. The Bertz CT molecular complexity index is 983. The fourth-order valence-electron chi connectivity index (χ4n) is 3.18. The van der Waals surface area contributed by atoms with Crippen LogP contribution in [0.2, 0.25) is 5.02 Å². The molecule has 2 amide bonds. The zero-order chi connectivity index (χ0) is 21.8. The average molecular weight is 429 g/mol. The molecule has 0 atom stereocenters. The van der Waals surface area contributed by atoms with Crippen LogP contribution in [0.3, 0.4) is 0 Å². The smallest absolute Gasteiger partial charge is 0.278 e. The number of methoxy groups -OCH3 is 1. The summed E-state index contributed by atoms with van der Waals surface area (Å²) in [5, 5.41) is 3.57. The first-order valence-corrected chi connectivity index (χ1v) is 10.1. The molecular weight excluding hydrogens is 404 g/mol. The lowest BCUT2D eigenvalue weighted by atomic mass is 10.0. The topological polar surface area (TPSA) is 67.9 Å². The third-order valence-electron chi connectivity index (χ3n) is 4.70. The van der Waals surface area contributed by atoms with Crippen LogP contribution in [0.5, 0.6) is 5.75 Å². The van der Waals surface area contributed by atoms with Crippen LogP contribution in [0.4, 0.5) is 5.69 Å². The van der Waals surface area contributed by atoms with Crippen LogP contribution in [0, 0.1) is 6.92 Å². The van der Waals surface area contributed by atoms with E-state index in [1.54, 1.807) is 18.2 Å². The SMILES string of the molecule is COc1ccc(Cl)cc1NC1=C(c2ccc(C)cc2)C(=O)N(CCOC(C)C)C1=O. The molecule has 0 saturated heterocycles. The predicted molar refractivity (Wildman–Crippen MR) is 118 cm³/mol. The van der Waals surface area contributed by atoms with Crippen molar-refractivity contribution in [2.45, 2.75) is 26.9 Å². The van der Waals surface area contributed by atoms with Gasteiger partial charge in [0.15, 0.2) is 0 Å². The van der Waals surface area contributed by atoms with Crippen molar-refractivity contribution in [1.29, 1.82) is 0 Å². The van der Waals surface area contributed by atoms with Crippen molar-refractivity contribution in [3.8, 4) is 5.75 Å². The Kier molecular flexibility index (Phi) is 6.80. The van der Waals surface area contributed by atoms with E-state index in [1.165, 1.54) is 12.0 Å². The molecule has 0 bridgehead atoms. The van der Waals surface area contributed by atoms with Gasteiger partial charge >= 0.3 is 0 Å². The minimum atomic E-state index is -0.412. The summed E-state index contributed by atoms with van der Waals surface area (Å²) >= 11 is 6.13. The number of anilines is 1. The number of hydrogen-bond acceptors (Lipinski definition) is 5. The highest BCUT2D eigenvalue weighted by Crippen LogP contribution is 2.34. The molecule has 2 aromatic rings. The molecule has 158 valence electrons. The summed E-state index contributed by atoms with van der Waals surface area (Å²) in [6, 6.07) is 12.5. The van der Waals surface area contributed by atoms with Gasteiger partial charge in [-0.1, -0.05) is 41.4 Å². The molecule has 7 heteroatoms. The van der Waals surface area contributed by atoms with Crippen molar-refractivity contribution in [3.05, 3.63) is 64.3 Å². The number of ether oxygens (including phenoxy) is 2. The van der Waals surface area contributed by atoms with Crippen LogP contribution >= 0.6 is 11.6 Å². The third-order valence-corrected chi connectivity index (χ3v) is 4.93. The molecule has 1 N–H and O–H groups in total. The number of nitrogens with zero attached hydrogens (tertiary/aromatic N) is 1. The Morgan fingerprint density at radius 1 is 1.07 bits per heavy atom. The van der Waals surface area contributed by atoms with Crippen LogP contribution in [0.15, 0.2) is 48.2 Å². The van der Waals surface area contributed by atoms with Gasteiger partial charge in [0.25, 0.3) is 11.8 Å². The highest BCUT2D eigenvalue weighted by molar-refractivity contribution is 6.36. The monoisotopic (exact) mass is 428 g/mol. The van der Waals surface area contributed by atoms with E-state index in [0.29, 0.717) is 27.6 Å². The van der Waals surface area contributed by atoms with Gasteiger partial charge in [0.2, 0.25) is 0 Å². The number of carbonyl (C=O) groups excluding carboxylic acids is 2. The second kappa shape index (κ2) is 9.32. The molecule has 1 aliphatic heterocycles. The van der Waals surface area contributed by atoms with Crippen molar-refractivity contribution in [1.82, 2.24) is 4.90 Å². The van der Waals surface area contributed by atoms with Crippen molar-refractivity contribution in [2.75, 3.05) is 25.6 Å². The Morgan fingerprint density at radius 3 is 2.40 bits per heavy atom. The second-order valence-corrected chi connectivity index (χ2v) is 7.70. The van der Waals surface area contributed by atoms with Crippen LogP contribution in [0.1, 0.15) is 25.0 Å². The number of halogens is 1. The molecule has 0 spiro atoms. The normalized spacial score (nSPS) is 14.1. The fraction of sp³-hybridized carbons (Fsp3) is 0.304. The summed E-state index contributed by atoms with van der Waals surface area (Å²) < 4.78 is 10.9. The number of imide groups is 1. The Morgan fingerprint density at radius 2 is 1.77 bits per heavy atom. The molecule has 0 aromatic heterocycles. The average Bonchev–Trinajstić information content (AvgIpc) is 2.93. The maximum Gasteiger partial charge on any atom is 0.278 e. The molecule has 2 aromatic carbocycles. The first kappa shape index (κ1) is 21.9. The lowest BCUT2D eigenvalue weighted by Crippen LogP contribution is -2.35. The van der Waals surface area contributed by atoms with Gasteiger partial charge < -0.3 is 14.8 Å². The molecule has 30 heavy (non-hydrogen) atoms. The number of aryl methyl sites for hydroxylation is 1. The number of amides is 2. The third kappa shape index (κ3) is 4.66. The van der Waals surface area contributed by atoms with Crippen molar-refractivity contribution in [2.24, 2.45) is 0 Å². The largest absolute Gasteiger partial charge is 0.495 e. The standard InChI is InChI=1S/C23H25ClN2O4/c1-14(2)30-12-11-26-22(27)20(16-7-5-15(3)6-8-16)21(23(26)28)25-18-13-17(24)9-10-19(18)29-4/h5-10,13-14,25H,11-12H2,1-4H3. The van der Waals surface area contributed by atoms with E-state index in [0.717, 1.165) is 5.56 Å². The maximum absolute atomic E-state index is 13.2. The van der Waals surface area contributed by atoms with E-state index >= 15 is 0 Å². The summed E-state index contributed by atoms with van der Waals surface area (Å²) in [5.41, 5.74) is 2.73. The van der Waals surface area contributed by atoms with E-state index < -0.39 is 5.91 Å². The van der Waals surface area contributed by atoms with Crippen molar-refractivity contribution >= 4 is 34.7 Å². The molecule has 6 nitrogen and oxygen atoms in total. The van der Waals surface area contributed by atoms with Gasteiger partial charge in [-0.3, -0.25) is 14.5 Å². The number of benzene rings is 2.